The minimum atomic E-state index is -0.353. The van der Waals surface area contributed by atoms with Crippen LogP contribution >= 0.6 is 12.2 Å². The number of ether oxygens (including phenoxy) is 1. The lowest BCUT2D eigenvalue weighted by atomic mass is 9.99. The van der Waals surface area contributed by atoms with E-state index in [0.717, 1.165) is 35.0 Å². The molecule has 7 heteroatoms. The number of rotatable bonds is 5. The minimum Gasteiger partial charge on any atom is -0.465 e. The number of thiocarbonyl (C=S) groups is 1. The zero-order valence-corrected chi connectivity index (χ0v) is 18.8. The van der Waals surface area contributed by atoms with Gasteiger partial charge in [0.15, 0.2) is 5.11 Å². The summed E-state index contributed by atoms with van der Waals surface area (Å²) in [4.78, 5) is 19.5. The molecule has 2 aromatic heterocycles. The van der Waals surface area contributed by atoms with Gasteiger partial charge in [-0.3, -0.25) is 4.98 Å². The number of para-hydroxylation sites is 1. The number of benzene rings is 1. The second-order valence-corrected chi connectivity index (χ2v) is 8.67. The predicted molar refractivity (Wildman–Crippen MR) is 127 cm³/mol. The van der Waals surface area contributed by atoms with Crippen molar-refractivity contribution in [2.75, 3.05) is 7.11 Å². The number of aromatic nitrogens is 2. The summed E-state index contributed by atoms with van der Waals surface area (Å²) in [6.45, 7) is 0. The van der Waals surface area contributed by atoms with Crippen molar-refractivity contribution < 1.29 is 9.53 Å². The zero-order valence-electron chi connectivity index (χ0n) is 18.0. The first-order valence-corrected chi connectivity index (χ1v) is 11.4. The summed E-state index contributed by atoms with van der Waals surface area (Å²) in [7, 11) is 1.41. The molecular weight excluding hydrogens is 420 g/mol. The number of esters is 1. The Labute approximate surface area is 193 Å². The Morgan fingerprint density at radius 3 is 2.62 bits per heavy atom. The van der Waals surface area contributed by atoms with Crippen LogP contribution in [0.2, 0.25) is 0 Å². The Balaban J connectivity index is 1.64. The largest absolute Gasteiger partial charge is 0.465 e. The van der Waals surface area contributed by atoms with E-state index >= 15 is 0 Å². The normalized spacial score (nSPS) is 21.0. The average Bonchev–Trinajstić information content (AvgIpc) is 3.58. The Morgan fingerprint density at radius 2 is 1.88 bits per heavy atom. The Hall–Kier alpha value is -3.19. The van der Waals surface area contributed by atoms with Crippen LogP contribution in [0, 0.1) is 0 Å². The van der Waals surface area contributed by atoms with Crippen LogP contribution in [0.4, 0.5) is 0 Å². The molecule has 0 unspecified atom stereocenters. The average molecular weight is 447 g/mol. The first-order chi connectivity index (χ1) is 15.7. The third-order valence-electron chi connectivity index (χ3n) is 6.51. The third kappa shape index (κ3) is 3.56. The number of carbonyl (C=O) groups excluding carboxylic acids is 1. The lowest BCUT2D eigenvalue weighted by Crippen LogP contribution is -2.38. The summed E-state index contributed by atoms with van der Waals surface area (Å²) >= 11 is 5.85. The predicted octanol–water partition coefficient (Wildman–Crippen LogP) is 4.57. The highest BCUT2D eigenvalue weighted by Crippen LogP contribution is 2.43. The van der Waals surface area contributed by atoms with Crippen molar-refractivity contribution in [2.45, 2.75) is 43.8 Å². The molecule has 164 valence electrons. The molecule has 0 radical (unpaired) electrons. The molecule has 1 aromatic carbocycles. The first kappa shape index (κ1) is 20.7. The van der Waals surface area contributed by atoms with Gasteiger partial charge < -0.3 is 19.5 Å². The summed E-state index contributed by atoms with van der Waals surface area (Å²) in [6.07, 6.45) is 8.52. The SMILES string of the molecule is COC(=O)c1ccccc1-n1cccc1[C@@H]1[C@@H](c2ccccn2)NC(=S)N1C1CCCC1. The molecule has 5 rings (SSSR count). The fraction of sp³-hybridized carbons (Fsp3) is 0.320. The van der Waals surface area contributed by atoms with Crippen molar-refractivity contribution in [3.05, 3.63) is 83.9 Å². The maximum Gasteiger partial charge on any atom is 0.339 e. The smallest absolute Gasteiger partial charge is 0.339 e. The quantitative estimate of drug-likeness (QED) is 0.458. The van der Waals surface area contributed by atoms with Crippen LogP contribution in [0.5, 0.6) is 0 Å². The number of hydrogen-bond donors (Lipinski definition) is 1. The number of hydrogen-bond acceptors (Lipinski definition) is 4. The Bertz CT molecular complexity index is 1120. The summed E-state index contributed by atoms with van der Waals surface area (Å²) < 4.78 is 7.13. The van der Waals surface area contributed by atoms with Crippen molar-refractivity contribution in [3.63, 3.8) is 0 Å². The van der Waals surface area contributed by atoms with E-state index in [9.17, 15) is 4.79 Å². The van der Waals surface area contributed by atoms with Crippen LogP contribution in [0.15, 0.2) is 67.0 Å². The van der Waals surface area contributed by atoms with Gasteiger partial charge in [0.05, 0.1) is 36.1 Å². The summed E-state index contributed by atoms with van der Waals surface area (Å²) in [6, 6.07) is 17.9. The van der Waals surface area contributed by atoms with Crippen molar-refractivity contribution in [3.8, 4) is 5.69 Å². The van der Waals surface area contributed by atoms with E-state index in [2.05, 4.69) is 25.8 Å². The highest BCUT2D eigenvalue weighted by atomic mass is 32.1. The molecule has 3 heterocycles. The minimum absolute atomic E-state index is 0.0406. The molecule has 2 atom stereocenters. The van der Waals surface area contributed by atoms with E-state index < -0.39 is 0 Å². The van der Waals surface area contributed by atoms with Crippen molar-refractivity contribution in [1.29, 1.82) is 0 Å². The second-order valence-electron chi connectivity index (χ2n) is 8.28. The first-order valence-electron chi connectivity index (χ1n) is 11.0. The maximum atomic E-state index is 12.5. The molecule has 0 bridgehead atoms. The third-order valence-corrected chi connectivity index (χ3v) is 6.83. The highest BCUT2D eigenvalue weighted by Gasteiger charge is 2.44. The number of methoxy groups -OCH3 is 1. The van der Waals surface area contributed by atoms with Gasteiger partial charge in [0.1, 0.15) is 0 Å². The van der Waals surface area contributed by atoms with E-state index in [4.69, 9.17) is 17.0 Å². The van der Waals surface area contributed by atoms with E-state index in [0.29, 0.717) is 11.6 Å². The molecule has 1 saturated heterocycles. The number of nitrogens with one attached hydrogen (secondary N) is 1. The van der Waals surface area contributed by atoms with E-state index in [1.165, 1.54) is 20.0 Å². The van der Waals surface area contributed by atoms with Crippen molar-refractivity contribution in [1.82, 2.24) is 19.8 Å². The van der Waals surface area contributed by atoms with Gasteiger partial charge in [0.25, 0.3) is 0 Å². The van der Waals surface area contributed by atoms with Gasteiger partial charge in [-0.2, -0.15) is 0 Å². The molecule has 6 nitrogen and oxygen atoms in total. The summed E-state index contributed by atoms with van der Waals surface area (Å²) in [5.41, 5.74) is 3.34. The van der Waals surface area contributed by atoms with E-state index in [-0.39, 0.29) is 18.1 Å². The van der Waals surface area contributed by atoms with Crippen LogP contribution < -0.4 is 5.32 Å². The molecule has 0 amide bonds. The molecule has 3 aromatic rings. The van der Waals surface area contributed by atoms with Crippen LogP contribution in [0.1, 0.15) is 59.5 Å². The van der Waals surface area contributed by atoms with Gasteiger partial charge in [0.2, 0.25) is 0 Å². The molecule has 1 saturated carbocycles. The van der Waals surface area contributed by atoms with Gasteiger partial charge >= 0.3 is 5.97 Å². The van der Waals surface area contributed by atoms with Gasteiger partial charge in [0, 0.05) is 24.1 Å². The standard InChI is InChI=1S/C25H26N4O2S/c1-31-24(30)18-11-4-5-13-20(18)28-16-8-14-21(28)23-22(19-12-6-7-15-26-19)27-25(32)29(23)17-9-2-3-10-17/h4-8,11-17,22-23H,2-3,9-10H2,1H3,(H,27,32)/t22-,23-/m1/s1. The monoisotopic (exact) mass is 446 g/mol. The van der Waals surface area contributed by atoms with Gasteiger partial charge in [-0.15, -0.1) is 0 Å². The van der Waals surface area contributed by atoms with E-state index in [1.54, 1.807) is 6.07 Å². The fourth-order valence-corrected chi connectivity index (χ4v) is 5.47. The zero-order chi connectivity index (χ0) is 22.1. The van der Waals surface area contributed by atoms with Crippen LogP contribution in [-0.4, -0.2) is 38.7 Å². The molecule has 32 heavy (non-hydrogen) atoms. The van der Waals surface area contributed by atoms with Gasteiger partial charge in [-0.05, 0) is 61.5 Å². The highest BCUT2D eigenvalue weighted by molar-refractivity contribution is 7.80. The Morgan fingerprint density at radius 1 is 1.09 bits per heavy atom. The van der Waals surface area contributed by atoms with Crippen molar-refractivity contribution >= 4 is 23.3 Å². The molecular formula is C25H26N4O2S. The maximum absolute atomic E-state index is 12.5. The molecule has 2 aliphatic rings. The molecule has 2 fully saturated rings. The van der Waals surface area contributed by atoms with Crippen LogP contribution in [0.25, 0.3) is 5.69 Å². The molecule has 1 aliphatic carbocycles. The number of nitrogens with zero attached hydrogens (tertiary/aromatic N) is 3. The summed E-state index contributed by atoms with van der Waals surface area (Å²) in [5, 5.41) is 4.32. The fourth-order valence-electron chi connectivity index (χ4n) is 5.08. The van der Waals surface area contributed by atoms with E-state index in [1.807, 2.05) is 54.9 Å². The number of carbonyl (C=O) groups is 1. The van der Waals surface area contributed by atoms with Gasteiger partial charge in [-0.1, -0.05) is 31.0 Å². The molecule has 0 spiro atoms. The van der Waals surface area contributed by atoms with Crippen molar-refractivity contribution in [2.24, 2.45) is 0 Å². The lowest BCUT2D eigenvalue weighted by molar-refractivity contribution is 0.0600. The Kier molecular flexibility index (Phi) is 5.66. The van der Waals surface area contributed by atoms with Crippen LogP contribution in [0.3, 0.4) is 0 Å². The second kappa shape index (κ2) is 8.74. The molecule has 1 N–H and O–H groups in total. The molecule has 1 aliphatic heterocycles. The van der Waals surface area contributed by atoms with Crippen LogP contribution in [-0.2, 0) is 4.74 Å². The van der Waals surface area contributed by atoms with Gasteiger partial charge in [-0.25, -0.2) is 4.79 Å². The summed E-state index contributed by atoms with van der Waals surface area (Å²) in [5.74, 6) is -0.353. The number of pyridine rings is 1. The lowest BCUT2D eigenvalue weighted by Gasteiger charge is -2.33. The topological polar surface area (TPSA) is 59.4 Å².